The summed E-state index contributed by atoms with van der Waals surface area (Å²) in [7, 11) is 2.05. The lowest BCUT2D eigenvalue weighted by Gasteiger charge is -2.16. The van der Waals surface area contributed by atoms with E-state index in [1.54, 1.807) is 0 Å². The lowest BCUT2D eigenvalue weighted by Crippen LogP contribution is -2.21. The Labute approximate surface area is 110 Å². The Morgan fingerprint density at radius 3 is 2.53 bits per heavy atom. The van der Waals surface area contributed by atoms with E-state index in [-0.39, 0.29) is 0 Å². The minimum atomic E-state index is 0.766. The van der Waals surface area contributed by atoms with Crippen LogP contribution in [-0.4, -0.2) is 25.1 Å². The molecule has 1 unspecified atom stereocenters. The van der Waals surface area contributed by atoms with Gasteiger partial charge in [0, 0.05) is 0 Å². The van der Waals surface area contributed by atoms with Gasteiger partial charge >= 0.3 is 0 Å². The monoisotopic (exact) mass is 251 g/mol. The summed E-state index contributed by atoms with van der Waals surface area (Å²) >= 11 is 2.05. The quantitative estimate of drug-likeness (QED) is 0.710. The van der Waals surface area contributed by atoms with Crippen LogP contribution < -0.4 is 5.32 Å². The molecule has 0 radical (unpaired) electrons. The maximum absolute atomic E-state index is 3.32. The van der Waals surface area contributed by atoms with E-state index < -0.39 is 0 Å². The Balaban J connectivity index is 2.44. The topological polar surface area (TPSA) is 12.0 Å². The van der Waals surface area contributed by atoms with E-state index in [1.807, 2.05) is 11.8 Å². The molecular formula is C15H25NS. The van der Waals surface area contributed by atoms with Gasteiger partial charge in [-0.1, -0.05) is 36.8 Å². The number of benzene rings is 1. The summed E-state index contributed by atoms with van der Waals surface area (Å²) in [6.45, 7) is 5.50. The van der Waals surface area contributed by atoms with Gasteiger partial charge in [0.15, 0.2) is 0 Å². The van der Waals surface area contributed by atoms with Crippen molar-refractivity contribution in [1.29, 1.82) is 0 Å². The lowest BCUT2D eigenvalue weighted by molar-refractivity contribution is 0.484. The van der Waals surface area contributed by atoms with Crippen LogP contribution in [0.2, 0.25) is 0 Å². The van der Waals surface area contributed by atoms with E-state index in [1.165, 1.54) is 35.5 Å². The molecule has 0 aromatic heterocycles. The highest BCUT2D eigenvalue weighted by atomic mass is 32.2. The summed E-state index contributed by atoms with van der Waals surface area (Å²) < 4.78 is 0. The first kappa shape index (κ1) is 14.6. The van der Waals surface area contributed by atoms with Gasteiger partial charge in [-0.2, -0.15) is 11.8 Å². The van der Waals surface area contributed by atoms with Crippen LogP contribution in [0, 0.1) is 12.8 Å². The Morgan fingerprint density at radius 2 is 1.94 bits per heavy atom. The molecule has 1 N–H and O–H groups in total. The predicted octanol–water partition coefficient (Wildman–Crippen LogP) is 3.52. The lowest BCUT2D eigenvalue weighted by atomic mass is 9.96. The molecule has 1 nitrogen and oxygen atoms in total. The molecule has 1 aromatic rings. The van der Waals surface area contributed by atoms with Crippen LogP contribution in [0.1, 0.15) is 24.5 Å². The first-order chi connectivity index (χ1) is 8.26. The van der Waals surface area contributed by atoms with Crippen LogP contribution >= 0.6 is 11.8 Å². The van der Waals surface area contributed by atoms with Crippen LogP contribution in [0.3, 0.4) is 0 Å². The molecule has 17 heavy (non-hydrogen) atoms. The van der Waals surface area contributed by atoms with Crippen molar-refractivity contribution in [2.75, 3.05) is 25.1 Å². The van der Waals surface area contributed by atoms with Crippen LogP contribution in [0.4, 0.5) is 0 Å². The minimum Gasteiger partial charge on any atom is -0.319 e. The molecule has 0 bridgehead atoms. The van der Waals surface area contributed by atoms with Crippen molar-refractivity contribution in [2.24, 2.45) is 5.92 Å². The summed E-state index contributed by atoms with van der Waals surface area (Å²) in [6.07, 6.45) is 2.51. The fourth-order valence-corrected chi connectivity index (χ4v) is 2.81. The van der Waals surface area contributed by atoms with E-state index in [0.29, 0.717) is 0 Å². The van der Waals surface area contributed by atoms with Gasteiger partial charge in [0.05, 0.1) is 0 Å². The molecule has 0 spiro atoms. The first-order valence-corrected chi connectivity index (χ1v) is 7.69. The maximum atomic E-state index is 3.32. The Morgan fingerprint density at radius 1 is 1.24 bits per heavy atom. The van der Waals surface area contributed by atoms with Crippen molar-refractivity contribution in [3.63, 3.8) is 0 Å². The maximum Gasteiger partial charge on any atom is -0.00200 e. The third-order valence-electron chi connectivity index (χ3n) is 3.01. The molecule has 1 aromatic carbocycles. The van der Waals surface area contributed by atoms with Gasteiger partial charge < -0.3 is 5.32 Å². The van der Waals surface area contributed by atoms with Gasteiger partial charge in [-0.3, -0.25) is 0 Å². The molecule has 0 heterocycles. The normalized spacial score (nSPS) is 12.6. The SMILES string of the molecule is CCSCCC(CNC)Cc1ccc(C)cc1. The van der Waals surface area contributed by atoms with E-state index >= 15 is 0 Å². The van der Waals surface area contributed by atoms with Gasteiger partial charge in [-0.05, 0) is 56.3 Å². The molecule has 0 amide bonds. The standard InChI is InChI=1S/C15H25NS/c1-4-17-10-9-15(12-16-3)11-14-7-5-13(2)6-8-14/h5-8,15-16H,4,9-12H2,1-3H3. The molecule has 2 heteroatoms. The van der Waals surface area contributed by atoms with Gasteiger partial charge in [0.1, 0.15) is 0 Å². The zero-order valence-electron chi connectivity index (χ0n) is 11.3. The zero-order chi connectivity index (χ0) is 12.5. The second-order valence-electron chi connectivity index (χ2n) is 4.60. The van der Waals surface area contributed by atoms with Crippen molar-refractivity contribution < 1.29 is 0 Å². The molecule has 0 saturated carbocycles. The third kappa shape index (κ3) is 6.13. The number of thioether (sulfide) groups is 1. The first-order valence-electron chi connectivity index (χ1n) is 6.54. The van der Waals surface area contributed by atoms with Gasteiger partial charge in [-0.25, -0.2) is 0 Å². The average molecular weight is 251 g/mol. The molecule has 0 saturated heterocycles. The van der Waals surface area contributed by atoms with Crippen LogP contribution in [-0.2, 0) is 6.42 Å². The molecular weight excluding hydrogens is 226 g/mol. The Bertz CT molecular complexity index is 294. The molecule has 0 aliphatic rings. The third-order valence-corrected chi connectivity index (χ3v) is 3.94. The molecule has 0 fully saturated rings. The molecule has 96 valence electrons. The Kier molecular flexibility index (Phi) is 7.38. The molecule has 0 aliphatic heterocycles. The number of hydrogen-bond acceptors (Lipinski definition) is 2. The highest BCUT2D eigenvalue weighted by Gasteiger charge is 2.08. The van der Waals surface area contributed by atoms with E-state index in [9.17, 15) is 0 Å². The summed E-state index contributed by atoms with van der Waals surface area (Å²) in [6, 6.07) is 8.97. The number of aryl methyl sites for hydroxylation is 1. The molecule has 0 aliphatic carbocycles. The van der Waals surface area contributed by atoms with E-state index in [2.05, 4.69) is 50.5 Å². The summed E-state index contributed by atoms with van der Waals surface area (Å²) in [5.41, 5.74) is 2.82. The van der Waals surface area contributed by atoms with Crippen molar-refractivity contribution >= 4 is 11.8 Å². The van der Waals surface area contributed by atoms with Crippen molar-refractivity contribution in [3.05, 3.63) is 35.4 Å². The molecule has 1 rings (SSSR count). The fraction of sp³-hybridized carbons (Fsp3) is 0.600. The van der Waals surface area contributed by atoms with Crippen molar-refractivity contribution in [2.45, 2.75) is 26.7 Å². The average Bonchev–Trinajstić information content (AvgIpc) is 2.32. The largest absolute Gasteiger partial charge is 0.319 e. The minimum absolute atomic E-state index is 0.766. The number of hydrogen-bond donors (Lipinski definition) is 1. The summed E-state index contributed by atoms with van der Waals surface area (Å²) in [4.78, 5) is 0. The Hall–Kier alpha value is -0.470. The van der Waals surface area contributed by atoms with Gasteiger partial charge in [-0.15, -0.1) is 0 Å². The van der Waals surface area contributed by atoms with Crippen LogP contribution in [0.15, 0.2) is 24.3 Å². The fourth-order valence-electron chi connectivity index (χ4n) is 2.02. The van der Waals surface area contributed by atoms with Crippen molar-refractivity contribution in [1.82, 2.24) is 5.32 Å². The smallest absolute Gasteiger partial charge is 0.00200 e. The predicted molar refractivity (Wildman–Crippen MR) is 79.9 cm³/mol. The zero-order valence-corrected chi connectivity index (χ0v) is 12.1. The highest BCUT2D eigenvalue weighted by Crippen LogP contribution is 2.15. The van der Waals surface area contributed by atoms with E-state index in [0.717, 1.165) is 12.5 Å². The second-order valence-corrected chi connectivity index (χ2v) is 5.99. The van der Waals surface area contributed by atoms with Crippen LogP contribution in [0.5, 0.6) is 0 Å². The second kappa shape index (κ2) is 8.60. The van der Waals surface area contributed by atoms with Gasteiger partial charge in [0.2, 0.25) is 0 Å². The highest BCUT2D eigenvalue weighted by molar-refractivity contribution is 7.99. The van der Waals surface area contributed by atoms with Crippen molar-refractivity contribution in [3.8, 4) is 0 Å². The van der Waals surface area contributed by atoms with Crippen LogP contribution in [0.25, 0.3) is 0 Å². The van der Waals surface area contributed by atoms with E-state index in [4.69, 9.17) is 0 Å². The number of nitrogens with one attached hydrogen (secondary N) is 1. The summed E-state index contributed by atoms with van der Waals surface area (Å²) in [5.74, 6) is 3.28. The summed E-state index contributed by atoms with van der Waals surface area (Å²) in [5, 5.41) is 3.32. The number of rotatable bonds is 8. The molecule has 1 atom stereocenters. The van der Waals surface area contributed by atoms with Gasteiger partial charge in [0.25, 0.3) is 0 Å².